The summed E-state index contributed by atoms with van der Waals surface area (Å²) >= 11 is 0. The number of halogens is 1. The van der Waals surface area contributed by atoms with Gasteiger partial charge in [0.2, 0.25) is 5.89 Å². The molecule has 0 aromatic carbocycles. The van der Waals surface area contributed by atoms with Crippen LogP contribution in [0.25, 0.3) is 0 Å². The van der Waals surface area contributed by atoms with E-state index < -0.39 is 11.7 Å². The fourth-order valence-corrected chi connectivity index (χ4v) is 1.31. The molecule has 7 heteroatoms. The Morgan fingerprint density at radius 3 is 3.06 bits per heavy atom. The van der Waals surface area contributed by atoms with Gasteiger partial charge in [0.25, 0.3) is 5.91 Å². The van der Waals surface area contributed by atoms with Crippen LogP contribution in [0.4, 0.5) is 4.39 Å². The maximum absolute atomic E-state index is 13.2. The Bertz CT molecular complexity index is 555. The van der Waals surface area contributed by atoms with Crippen LogP contribution in [0.5, 0.6) is 0 Å². The van der Waals surface area contributed by atoms with Gasteiger partial charge < -0.3 is 15.5 Å². The molecule has 0 unspecified atom stereocenters. The first-order valence-electron chi connectivity index (χ1n) is 5.22. The molecule has 0 radical (unpaired) electrons. The standard InChI is InChI=1S/C11H11FN4O2/c12-7-2-1-3-14-8(7)5-15-11(17)9-6-18-10(4-13)16-9/h1-3,6H,4-5,13H2,(H,15,17). The van der Waals surface area contributed by atoms with E-state index in [0.29, 0.717) is 0 Å². The minimum absolute atomic E-state index is 0.0175. The van der Waals surface area contributed by atoms with Crippen LogP contribution in [0, 0.1) is 5.82 Å². The van der Waals surface area contributed by atoms with Gasteiger partial charge in [-0.1, -0.05) is 0 Å². The summed E-state index contributed by atoms with van der Waals surface area (Å²) < 4.78 is 18.2. The van der Waals surface area contributed by atoms with Gasteiger partial charge in [-0.3, -0.25) is 9.78 Å². The number of amides is 1. The predicted octanol–water partition coefficient (Wildman–Crippen LogP) is 0.597. The molecule has 3 N–H and O–H groups in total. The van der Waals surface area contributed by atoms with Crippen molar-refractivity contribution in [2.75, 3.05) is 0 Å². The zero-order valence-corrected chi connectivity index (χ0v) is 9.39. The largest absolute Gasteiger partial charge is 0.447 e. The second kappa shape index (κ2) is 5.37. The normalized spacial score (nSPS) is 10.3. The number of hydrogen-bond acceptors (Lipinski definition) is 5. The van der Waals surface area contributed by atoms with Gasteiger partial charge in [0.15, 0.2) is 5.69 Å². The van der Waals surface area contributed by atoms with E-state index in [4.69, 9.17) is 10.2 Å². The maximum Gasteiger partial charge on any atom is 0.273 e. The number of nitrogens with one attached hydrogen (secondary N) is 1. The van der Waals surface area contributed by atoms with Gasteiger partial charge in [0, 0.05) is 6.20 Å². The van der Waals surface area contributed by atoms with Gasteiger partial charge in [-0.15, -0.1) is 0 Å². The Morgan fingerprint density at radius 1 is 1.56 bits per heavy atom. The highest BCUT2D eigenvalue weighted by molar-refractivity contribution is 5.91. The maximum atomic E-state index is 13.2. The molecule has 0 aliphatic heterocycles. The third-order valence-corrected chi connectivity index (χ3v) is 2.21. The summed E-state index contributed by atoms with van der Waals surface area (Å²) in [7, 11) is 0. The number of nitrogens with two attached hydrogens (primary N) is 1. The third-order valence-electron chi connectivity index (χ3n) is 2.21. The molecule has 0 saturated carbocycles. The average Bonchev–Trinajstić information content (AvgIpc) is 2.86. The number of hydrogen-bond donors (Lipinski definition) is 2. The van der Waals surface area contributed by atoms with Crippen LogP contribution in [-0.2, 0) is 13.1 Å². The lowest BCUT2D eigenvalue weighted by molar-refractivity contribution is 0.0945. The first-order chi connectivity index (χ1) is 8.70. The van der Waals surface area contributed by atoms with Crippen molar-refractivity contribution in [3.05, 3.63) is 47.7 Å². The molecule has 1 amide bonds. The van der Waals surface area contributed by atoms with Crippen molar-refractivity contribution in [2.24, 2.45) is 5.73 Å². The van der Waals surface area contributed by atoms with E-state index in [2.05, 4.69) is 15.3 Å². The number of carbonyl (C=O) groups is 1. The molecule has 0 aliphatic carbocycles. The van der Waals surface area contributed by atoms with Crippen LogP contribution < -0.4 is 11.1 Å². The number of oxazole rings is 1. The van der Waals surface area contributed by atoms with E-state index >= 15 is 0 Å². The Morgan fingerprint density at radius 2 is 2.39 bits per heavy atom. The summed E-state index contributed by atoms with van der Waals surface area (Å²) in [5, 5.41) is 2.49. The molecule has 0 atom stereocenters. The molecule has 0 saturated heterocycles. The fraction of sp³-hybridized carbons (Fsp3) is 0.182. The highest BCUT2D eigenvalue weighted by atomic mass is 19.1. The van der Waals surface area contributed by atoms with Crippen molar-refractivity contribution >= 4 is 5.91 Å². The van der Waals surface area contributed by atoms with E-state index in [1.54, 1.807) is 0 Å². The van der Waals surface area contributed by atoms with Crippen LogP contribution in [0.2, 0.25) is 0 Å². The lowest BCUT2D eigenvalue weighted by atomic mass is 10.3. The van der Waals surface area contributed by atoms with Crippen molar-refractivity contribution in [1.82, 2.24) is 15.3 Å². The van der Waals surface area contributed by atoms with Crippen LogP contribution in [0.1, 0.15) is 22.1 Å². The summed E-state index contributed by atoms with van der Waals surface area (Å²) in [6, 6.07) is 2.75. The minimum atomic E-state index is -0.472. The first-order valence-corrected chi connectivity index (χ1v) is 5.22. The number of carbonyl (C=O) groups excluding carboxylic acids is 1. The summed E-state index contributed by atoms with van der Waals surface area (Å²) in [6.45, 7) is 0.0957. The van der Waals surface area contributed by atoms with Crippen LogP contribution in [0.15, 0.2) is 29.0 Å². The van der Waals surface area contributed by atoms with E-state index in [0.717, 1.165) is 0 Å². The van der Waals surface area contributed by atoms with Gasteiger partial charge in [-0.05, 0) is 12.1 Å². The van der Waals surface area contributed by atoms with Gasteiger partial charge >= 0.3 is 0 Å². The number of aromatic nitrogens is 2. The lowest BCUT2D eigenvalue weighted by Gasteiger charge is -2.02. The van der Waals surface area contributed by atoms with Gasteiger partial charge in [0.1, 0.15) is 12.1 Å². The number of pyridine rings is 1. The van der Waals surface area contributed by atoms with Crippen molar-refractivity contribution in [3.8, 4) is 0 Å². The molecule has 2 aromatic heterocycles. The summed E-state index contributed by atoms with van der Waals surface area (Å²) in [4.78, 5) is 19.3. The van der Waals surface area contributed by atoms with E-state index in [1.165, 1.54) is 24.6 Å². The molecule has 2 aromatic rings. The van der Waals surface area contributed by atoms with Crippen LogP contribution in [0.3, 0.4) is 0 Å². The van der Waals surface area contributed by atoms with E-state index in [1.807, 2.05) is 0 Å². The second-order valence-electron chi connectivity index (χ2n) is 3.45. The first kappa shape index (κ1) is 12.2. The van der Waals surface area contributed by atoms with Gasteiger partial charge in [-0.25, -0.2) is 9.37 Å². The number of rotatable bonds is 4. The molecule has 6 nitrogen and oxygen atoms in total. The van der Waals surface area contributed by atoms with E-state index in [-0.39, 0.29) is 30.4 Å². The highest BCUT2D eigenvalue weighted by Gasteiger charge is 2.12. The topological polar surface area (TPSA) is 94.0 Å². The van der Waals surface area contributed by atoms with Gasteiger partial charge in [0.05, 0.1) is 18.8 Å². The molecule has 2 heterocycles. The number of nitrogens with zero attached hydrogens (tertiary/aromatic N) is 2. The quantitative estimate of drug-likeness (QED) is 0.828. The van der Waals surface area contributed by atoms with Gasteiger partial charge in [-0.2, -0.15) is 0 Å². The Balaban J connectivity index is 1.98. The predicted molar refractivity (Wildman–Crippen MR) is 59.8 cm³/mol. The van der Waals surface area contributed by atoms with Crippen molar-refractivity contribution in [2.45, 2.75) is 13.1 Å². The van der Waals surface area contributed by atoms with Crippen molar-refractivity contribution in [1.29, 1.82) is 0 Å². The Hall–Kier alpha value is -2.28. The van der Waals surface area contributed by atoms with Crippen LogP contribution in [-0.4, -0.2) is 15.9 Å². The van der Waals surface area contributed by atoms with Crippen molar-refractivity contribution in [3.63, 3.8) is 0 Å². The molecule has 0 aliphatic rings. The molecular weight excluding hydrogens is 239 g/mol. The Labute approximate surface area is 102 Å². The molecule has 18 heavy (non-hydrogen) atoms. The molecule has 0 bridgehead atoms. The molecule has 0 spiro atoms. The van der Waals surface area contributed by atoms with Crippen LogP contribution >= 0.6 is 0 Å². The smallest absolute Gasteiger partial charge is 0.273 e. The zero-order chi connectivity index (χ0) is 13.0. The molecule has 94 valence electrons. The minimum Gasteiger partial charge on any atom is -0.447 e. The molecular formula is C11H11FN4O2. The molecule has 0 fully saturated rings. The zero-order valence-electron chi connectivity index (χ0n) is 9.39. The summed E-state index contributed by atoms with van der Waals surface area (Å²) in [5.74, 6) is -0.673. The van der Waals surface area contributed by atoms with Crippen molar-refractivity contribution < 1.29 is 13.6 Å². The second-order valence-corrected chi connectivity index (χ2v) is 3.45. The SMILES string of the molecule is NCc1nc(C(=O)NCc2ncccc2F)co1. The molecule has 2 rings (SSSR count). The monoisotopic (exact) mass is 250 g/mol. The third kappa shape index (κ3) is 2.69. The average molecular weight is 250 g/mol. The van der Waals surface area contributed by atoms with E-state index in [9.17, 15) is 9.18 Å². The summed E-state index contributed by atoms with van der Waals surface area (Å²) in [5.41, 5.74) is 5.56. The highest BCUT2D eigenvalue weighted by Crippen LogP contribution is 2.04. The lowest BCUT2D eigenvalue weighted by Crippen LogP contribution is -2.24. The summed E-state index contributed by atoms with van der Waals surface area (Å²) in [6.07, 6.45) is 2.65. The fourth-order valence-electron chi connectivity index (χ4n) is 1.31. The Kier molecular flexibility index (Phi) is 3.63.